The van der Waals surface area contributed by atoms with Crippen LogP contribution >= 0.6 is 0 Å². The van der Waals surface area contributed by atoms with Gasteiger partial charge in [0.05, 0.1) is 12.5 Å². The van der Waals surface area contributed by atoms with E-state index >= 15 is 0 Å². The lowest BCUT2D eigenvalue weighted by Crippen LogP contribution is -2.31. The van der Waals surface area contributed by atoms with Crippen molar-refractivity contribution in [2.24, 2.45) is 11.5 Å². The molecule has 5 N–H and O–H groups in total. The van der Waals surface area contributed by atoms with Crippen LogP contribution in [0, 0.1) is 0 Å². The van der Waals surface area contributed by atoms with Crippen molar-refractivity contribution in [2.75, 3.05) is 0 Å². The van der Waals surface area contributed by atoms with E-state index in [0.29, 0.717) is 0 Å². The van der Waals surface area contributed by atoms with Crippen LogP contribution < -0.4 is 11.5 Å². The predicted molar refractivity (Wildman–Crippen MR) is 48.0 cm³/mol. The van der Waals surface area contributed by atoms with Gasteiger partial charge in [-0.2, -0.15) is 0 Å². The van der Waals surface area contributed by atoms with Gasteiger partial charge in [0.2, 0.25) is 0 Å². The molecule has 0 saturated carbocycles. The number of aliphatic carboxylic acids is 1. The third-order valence-electron chi connectivity index (χ3n) is 1.32. The predicted octanol–water partition coefficient (Wildman–Crippen LogP) is -0.739. The molecule has 0 rings (SSSR count). The van der Waals surface area contributed by atoms with Gasteiger partial charge in [0.1, 0.15) is 0 Å². The summed E-state index contributed by atoms with van der Waals surface area (Å²) in [6.07, 6.45) is 2.34. The fourth-order valence-electron chi connectivity index (χ4n) is 0.659. The maximum absolute atomic E-state index is 11.1. The average molecular weight is 186 g/mol. The summed E-state index contributed by atoms with van der Waals surface area (Å²) in [7, 11) is 0. The molecule has 0 spiro atoms. The molecule has 0 radical (unpaired) electrons. The Morgan fingerprint density at radius 1 is 1.46 bits per heavy atom. The molecule has 0 bridgehead atoms. The van der Waals surface area contributed by atoms with E-state index in [1.165, 1.54) is 12.2 Å². The summed E-state index contributed by atoms with van der Waals surface area (Å²) in [4.78, 5) is 21.2. The van der Waals surface area contributed by atoms with Crippen molar-refractivity contribution in [3.05, 3.63) is 12.2 Å². The number of carbonyl (C=O) groups is 2. The van der Waals surface area contributed by atoms with Gasteiger partial charge in [-0.1, -0.05) is 6.08 Å². The van der Waals surface area contributed by atoms with Crippen LogP contribution in [0.4, 0.5) is 0 Å². The molecule has 2 atom stereocenters. The second-order valence-corrected chi connectivity index (χ2v) is 2.82. The maximum atomic E-state index is 11.1. The topological polar surface area (TPSA) is 106 Å². The molecule has 0 saturated heterocycles. The Labute approximate surface area is 76.4 Å². The minimum absolute atomic E-state index is 0.235. The van der Waals surface area contributed by atoms with Crippen LogP contribution in [0.1, 0.15) is 13.3 Å². The van der Waals surface area contributed by atoms with E-state index in [0.717, 1.165) is 0 Å². The Hall–Kier alpha value is -1.20. The fourth-order valence-corrected chi connectivity index (χ4v) is 0.659. The zero-order valence-electron chi connectivity index (χ0n) is 7.43. The second kappa shape index (κ2) is 5.45. The first kappa shape index (κ1) is 11.8. The summed E-state index contributed by atoms with van der Waals surface area (Å²) in [6, 6.07) is -1.21. The first-order valence-corrected chi connectivity index (χ1v) is 3.88. The Balaban J connectivity index is 4.03. The normalized spacial score (nSPS) is 15.6. The molecule has 0 aromatic rings. The molecule has 0 heterocycles. The standard InChI is InChI=1S/C8H14N2O3/c1-5(9)2-3-7(11)6(10)4-8(12)13/h2-3,5-6H,4,9-10H2,1H3,(H,12,13)/b3-2+/t5?,6-/m0/s1. The largest absolute Gasteiger partial charge is 0.481 e. The monoisotopic (exact) mass is 186 g/mol. The highest BCUT2D eigenvalue weighted by Crippen LogP contribution is 1.92. The highest BCUT2D eigenvalue weighted by atomic mass is 16.4. The van der Waals surface area contributed by atoms with Crippen molar-refractivity contribution in [3.8, 4) is 0 Å². The van der Waals surface area contributed by atoms with Crippen LogP contribution in [0.3, 0.4) is 0 Å². The van der Waals surface area contributed by atoms with Crippen molar-refractivity contribution >= 4 is 11.8 Å². The van der Waals surface area contributed by atoms with E-state index in [1.807, 2.05) is 0 Å². The summed E-state index contributed by atoms with van der Waals surface area (Å²) >= 11 is 0. The number of rotatable bonds is 5. The molecule has 0 aliphatic heterocycles. The zero-order chi connectivity index (χ0) is 10.4. The van der Waals surface area contributed by atoms with Gasteiger partial charge in [-0.3, -0.25) is 9.59 Å². The van der Waals surface area contributed by atoms with Gasteiger partial charge in [0, 0.05) is 6.04 Å². The quantitative estimate of drug-likeness (QED) is 0.490. The van der Waals surface area contributed by atoms with Crippen LogP contribution in [0.15, 0.2) is 12.2 Å². The number of carbonyl (C=O) groups excluding carboxylic acids is 1. The molecule has 0 aliphatic rings. The van der Waals surface area contributed by atoms with E-state index in [9.17, 15) is 9.59 Å². The van der Waals surface area contributed by atoms with Crippen molar-refractivity contribution in [1.82, 2.24) is 0 Å². The molecule has 0 fully saturated rings. The number of nitrogens with two attached hydrogens (primary N) is 2. The Morgan fingerprint density at radius 2 is 2.00 bits per heavy atom. The molecule has 0 aromatic heterocycles. The highest BCUT2D eigenvalue weighted by molar-refractivity contribution is 5.96. The van der Waals surface area contributed by atoms with Crippen LogP contribution in [0.25, 0.3) is 0 Å². The van der Waals surface area contributed by atoms with Crippen molar-refractivity contribution in [3.63, 3.8) is 0 Å². The minimum atomic E-state index is -1.09. The Bertz CT molecular complexity index is 223. The van der Waals surface area contributed by atoms with Gasteiger partial charge in [0.15, 0.2) is 5.78 Å². The summed E-state index contributed by atoms with van der Waals surface area (Å²) in [5.74, 6) is -1.50. The third kappa shape index (κ3) is 6.01. The van der Waals surface area contributed by atoms with Gasteiger partial charge in [-0.05, 0) is 13.0 Å². The van der Waals surface area contributed by atoms with Crippen molar-refractivity contribution in [1.29, 1.82) is 0 Å². The molecule has 74 valence electrons. The van der Waals surface area contributed by atoms with E-state index < -0.39 is 17.8 Å². The Kier molecular flexibility index (Phi) is 4.94. The van der Waals surface area contributed by atoms with Gasteiger partial charge >= 0.3 is 5.97 Å². The second-order valence-electron chi connectivity index (χ2n) is 2.82. The van der Waals surface area contributed by atoms with Crippen LogP contribution in [0.5, 0.6) is 0 Å². The lowest BCUT2D eigenvalue weighted by molar-refractivity contribution is -0.138. The number of hydrogen-bond acceptors (Lipinski definition) is 4. The van der Waals surface area contributed by atoms with Gasteiger partial charge in [-0.25, -0.2) is 0 Å². The minimum Gasteiger partial charge on any atom is -0.481 e. The Morgan fingerprint density at radius 3 is 2.38 bits per heavy atom. The first-order chi connectivity index (χ1) is 5.93. The van der Waals surface area contributed by atoms with Crippen LogP contribution in [-0.4, -0.2) is 28.9 Å². The van der Waals surface area contributed by atoms with Gasteiger partial charge in [-0.15, -0.1) is 0 Å². The maximum Gasteiger partial charge on any atom is 0.305 e. The van der Waals surface area contributed by atoms with Crippen molar-refractivity contribution in [2.45, 2.75) is 25.4 Å². The molecule has 0 amide bonds. The number of ketones is 1. The highest BCUT2D eigenvalue weighted by Gasteiger charge is 2.13. The molecule has 0 aliphatic carbocycles. The van der Waals surface area contributed by atoms with Gasteiger partial charge < -0.3 is 16.6 Å². The van der Waals surface area contributed by atoms with Crippen molar-refractivity contribution < 1.29 is 14.7 Å². The number of carboxylic acid groups (broad SMARTS) is 1. The molecular weight excluding hydrogens is 172 g/mol. The molecular formula is C8H14N2O3. The first-order valence-electron chi connectivity index (χ1n) is 3.88. The number of carboxylic acids is 1. The number of hydrogen-bond donors (Lipinski definition) is 3. The molecule has 13 heavy (non-hydrogen) atoms. The molecule has 1 unspecified atom stereocenters. The van der Waals surface area contributed by atoms with Crippen LogP contribution in [0.2, 0.25) is 0 Å². The summed E-state index contributed by atoms with van der Waals surface area (Å²) in [6.45, 7) is 1.70. The SMILES string of the molecule is CC(N)/C=C/C(=O)[C@@H](N)CC(=O)O. The summed E-state index contributed by atoms with van der Waals surface area (Å²) < 4.78 is 0. The van der Waals surface area contributed by atoms with E-state index in [4.69, 9.17) is 16.6 Å². The fraction of sp³-hybridized carbons (Fsp3) is 0.500. The zero-order valence-corrected chi connectivity index (χ0v) is 7.43. The summed E-state index contributed by atoms with van der Waals surface area (Å²) in [5.41, 5.74) is 10.6. The average Bonchev–Trinajstić information content (AvgIpc) is 1.98. The van der Waals surface area contributed by atoms with Gasteiger partial charge in [0.25, 0.3) is 0 Å². The molecule has 0 aromatic carbocycles. The lowest BCUT2D eigenvalue weighted by Gasteiger charge is -2.03. The van der Waals surface area contributed by atoms with Crippen LogP contribution in [-0.2, 0) is 9.59 Å². The van der Waals surface area contributed by atoms with E-state index in [2.05, 4.69) is 0 Å². The third-order valence-corrected chi connectivity index (χ3v) is 1.32. The molecule has 5 heteroatoms. The van der Waals surface area contributed by atoms with E-state index in [1.54, 1.807) is 6.92 Å². The summed E-state index contributed by atoms with van der Waals surface area (Å²) in [5, 5.41) is 8.33. The lowest BCUT2D eigenvalue weighted by atomic mass is 10.1. The van der Waals surface area contributed by atoms with E-state index in [-0.39, 0.29) is 12.5 Å². The smallest absolute Gasteiger partial charge is 0.305 e. The molecule has 5 nitrogen and oxygen atoms in total.